The second kappa shape index (κ2) is 4.54. The number of rotatable bonds is 1. The summed E-state index contributed by atoms with van der Waals surface area (Å²) in [4.78, 5) is 11.8. The molecule has 3 unspecified atom stereocenters. The molecule has 2 aliphatic rings. The van der Waals surface area contributed by atoms with Crippen molar-refractivity contribution in [1.29, 1.82) is 5.26 Å². The molecule has 1 amide bonds. The Morgan fingerprint density at radius 1 is 1.67 bits per heavy atom. The van der Waals surface area contributed by atoms with Crippen LogP contribution in [-0.4, -0.2) is 30.8 Å². The summed E-state index contributed by atoms with van der Waals surface area (Å²) in [6.45, 7) is 3.84. The first-order valence-electron chi connectivity index (χ1n) is 5.85. The zero-order chi connectivity index (χ0) is 13.3. The number of carbonyl (C=O) groups is 1. The summed E-state index contributed by atoms with van der Waals surface area (Å²) in [5, 5.41) is 11.6. The first-order chi connectivity index (χ1) is 8.48. The molecule has 0 bridgehead atoms. The molecule has 0 aromatic carbocycles. The summed E-state index contributed by atoms with van der Waals surface area (Å²) in [6.07, 6.45) is 2.27. The highest BCUT2D eigenvalue weighted by molar-refractivity contribution is 5.85. The fraction of sp³-hybridized carbons (Fsp3) is 0.538. The molecule has 0 saturated carbocycles. The number of morpholine rings is 1. The minimum absolute atomic E-state index is 0.258. The lowest BCUT2D eigenvalue weighted by atomic mass is 9.76. The summed E-state index contributed by atoms with van der Waals surface area (Å²) in [5.74, 6) is -1.24. The summed E-state index contributed by atoms with van der Waals surface area (Å²) in [5.41, 5.74) is -0.977. The summed E-state index contributed by atoms with van der Waals surface area (Å²) in [7, 11) is 0. The van der Waals surface area contributed by atoms with E-state index in [1.165, 1.54) is 13.0 Å². The van der Waals surface area contributed by atoms with E-state index in [9.17, 15) is 9.18 Å². The maximum absolute atomic E-state index is 14.8. The van der Waals surface area contributed by atoms with Crippen LogP contribution in [0.1, 0.15) is 13.8 Å². The van der Waals surface area contributed by atoms with Gasteiger partial charge >= 0.3 is 0 Å². The Labute approximate surface area is 105 Å². The molecule has 4 nitrogen and oxygen atoms in total. The van der Waals surface area contributed by atoms with Gasteiger partial charge in [0.1, 0.15) is 5.92 Å². The molecular formula is C13H15FN2O2. The van der Waals surface area contributed by atoms with E-state index in [1.54, 1.807) is 13.0 Å². The van der Waals surface area contributed by atoms with Crippen LogP contribution in [0.3, 0.4) is 0 Å². The Kier molecular flexibility index (Phi) is 3.22. The number of alkyl halides is 1. The predicted molar refractivity (Wildman–Crippen MR) is 63.2 cm³/mol. The van der Waals surface area contributed by atoms with Gasteiger partial charge < -0.3 is 10.1 Å². The summed E-state index contributed by atoms with van der Waals surface area (Å²) in [6, 6.07) is 1.92. The molecule has 1 N–H and O–H groups in total. The van der Waals surface area contributed by atoms with Crippen LogP contribution in [0.25, 0.3) is 0 Å². The van der Waals surface area contributed by atoms with E-state index in [1.807, 2.05) is 6.07 Å². The van der Waals surface area contributed by atoms with Crippen molar-refractivity contribution in [2.45, 2.75) is 25.6 Å². The second-order valence-corrected chi connectivity index (χ2v) is 4.68. The number of amides is 1. The zero-order valence-electron chi connectivity index (χ0n) is 10.4. The molecule has 0 spiro atoms. The molecule has 5 heteroatoms. The van der Waals surface area contributed by atoms with Crippen LogP contribution in [0, 0.1) is 17.2 Å². The van der Waals surface area contributed by atoms with E-state index in [2.05, 4.69) is 5.32 Å². The lowest BCUT2D eigenvalue weighted by Crippen LogP contribution is -2.50. The number of hydrogen-bond acceptors (Lipinski definition) is 3. The number of nitriles is 1. The minimum atomic E-state index is -1.88. The Morgan fingerprint density at radius 3 is 3.00 bits per heavy atom. The third-order valence-electron chi connectivity index (χ3n) is 3.40. The van der Waals surface area contributed by atoms with Crippen molar-refractivity contribution in [3.63, 3.8) is 0 Å². The van der Waals surface area contributed by atoms with Gasteiger partial charge in [-0.3, -0.25) is 4.79 Å². The van der Waals surface area contributed by atoms with Crippen LogP contribution in [0.5, 0.6) is 0 Å². The van der Waals surface area contributed by atoms with Gasteiger partial charge in [-0.05, 0) is 19.4 Å². The van der Waals surface area contributed by atoms with E-state index < -0.39 is 17.7 Å². The van der Waals surface area contributed by atoms with Crippen LogP contribution < -0.4 is 5.32 Å². The molecule has 1 aliphatic carbocycles. The Hall–Kier alpha value is -1.67. The van der Waals surface area contributed by atoms with E-state index in [0.717, 1.165) is 0 Å². The number of allylic oxidation sites excluding steroid dienone is 3. The highest BCUT2D eigenvalue weighted by Gasteiger charge is 2.46. The molecule has 2 rings (SSSR count). The Morgan fingerprint density at radius 2 is 2.39 bits per heavy atom. The number of halogens is 1. The topological polar surface area (TPSA) is 62.1 Å². The van der Waals surface area contributed by atoms with Gasteiger partial charge in [-0.2, -0.15) is 5.26 Å². The number of hydrogen-bond donors (Lipinski definition) is 1. The van der Waals surface area contributed by atoms with E-state index in [4.69, 9.17) is 10.00 Å². The number of nitrogens with zero attached hydrogens (tertiary/aromatic N) is 1. The van der Waals surface area contributed by atoms with Gasteiger partial charge in [-0.25, -0.2) is 4.39 Å². The van der Waals surface area contributed by atoms with Gasteiger partial charge in [0.25, 0.3) is 5.91 Å². The van der Waals surface area contributed by atoms with Crippen molar-refractivity contribution in [3.05, 3.63) is 23.3 Å². The van der Waals surface area contributed by atoms with Crippen molar-refractivity contribution in [3.8, 4) is 6.07 Å². The first-order valence-corrected chi connectivity index (χ1v) is 5.85. The third kappa shape index (κ3) is 1.93. The van der Waals surface area contributed by atoms with Gasteiger partial charge in [0.15, 0.2) is 11.8 Å². The van der Waals surface area contributed by atoms with Crippen LogP contribution in [0.15, 0.2) is 23.3 Å². The monoisotopic (exact) mass is 250 g/mol. The fourth-order valence-electron chi connectivity index (χ4n) is 2.43. The highest BCUT2D eigenvalue weighted by atomic mass is 19.1. The van der Waals surface area contributed by atoms with Crippen LogP contribution in [0.4, 0.5) is 4.39 Å². The SMILES string of the molecule is CC1=C(C2OCCNC2=O)C(C)(F)C(C#N)C=C1. The van der Waals surface area contributed by atoms with Crippen molar-refractivity contribution in [2.24, 2.45) is 5.92 Å². The van der Waals surface area contributed by atoms with E-state index >= 15 is 0 Å². The molecule has 96 valence electrons. The van der Waals surface area contributed by atoms with Gasteiger partial charge in [0.05, 0.1) is 12.7 Å². The smallest absolute Gasteiger partial charge is 0.253 e. The lowest BCUT2D eigenvalue weighted by Gasteiger charge is -2.36. The molecule has 1 aliphatic heterocycles. The molecule has 1 saturated heterocycles. The minimum Gasteiger partial charge on any atom is -0.362 e. The third-order valence-corrected chi connectivity index (χ3v) is 3.40. The van der Waals surface area contributed by atoms with Crippen molar-refractivity contribution in [2.75, 3.05) is 13.2 Å². The maximum atomic E-state index is 14.8. The summed E-state index contributed by atoms with van der Waals surface area (Å²) < 4.78 is 20.2. The normalized spacial score (nSPS) is 36.2. The van der Waals surface area contributed by atoms with Crippen LogP contribution in [-0.2, 0) is 9.53 Å². The number of carbonyl (C=O) groups excluding carboxylic acids is 1. The average molecular weight is 250 g/mol. The Bertz CT molecular complexity index is 474. The molecule has 0 aromatic heterocycles. The largest absolute Gasteiger partial charge is 0.362 e. The first kappa shape index (κ1) is 12.8. The van der Waals surface area contributed by atoms with Gasteiger partial charge in [-0.1, -0.05) is 12.2 Å². The molecule has 18 heavy (non-hydrogen) atoms. The van der Waals surface area contributed by atoms with Crippen LogP contribution in [0.2, 0.25) is 0 Å². The Balaban J connectivity index is 2.43. The molecule has 0 aromatic rings. The quantitative estimate of drug-likeness (QED) is 0.762. The average Bonchev–Trinajstić information content (AvgIpc) is 2.31. The maximum Gasteiger partial charge on any atom is 0.253 e. The predicted octanol–water partition coefficient (Wildman–Crippen LogP) is 1.26. The molecule has 3 atom stereocenters. The van der Waals surface area contributed by atoms with Crippen molar-refractivity contribution < 1.29 is 13.9 Å². The molecule has 0 radical (unpaired) electrons. The fourth-order valence-corrected chi connectivity index (χ4v) is 2.43. The summed E-state index contributed by atoms with van der Waals surface area (Å²) >= 11 is 0. The highest BCUT2D eigenvalue weighted by Crippen LogP contribution is 2.40. The standard InChI is InChI=1S/C13H15FN2O2/c1-8-3-4-9(7-15)13(2,14)10(8)11-12(17)16-5-6-18-11/h3-4,9,11H,5-6H2,1-2H3,(H,16,17). The van der Waals surface area contributed by atoms with E-state index in [0.29, 0.717) is 18.7 Å². The molecular weight excluding hydrogens is 235 g/mol. The number of nitrogens with one attached hydrogen (secondary N) is 1. The zero-order valence-corrected chi connectivity index (χ0v) is 10.4. The van der Waals surface area contributed by atoms with E-state index in [-0.39, 0.29) is 11.5 Å². The van der Waals surface area contributed by atoms with Crippen molar-refractivity contribution >= 4 is 5.91 Å². The number of ether oxygens (including phenoxy) is 1. The molecule has 1 fully saturated rings. The van der Waals surface area contributed by atoms with Gasteiger partial charge in [0.2, 0.25) is 0 Å². The second-order valence-electron chi connectivity index (χ2n) is 4.68. The van der Waals surface area contributed by atoms with Crippen molar-refractivity contribution in [1.82, 2.24) is 5.32 Å². The van der Waals surface area contributed by atoms with Gasteiger partial charge in [-0.15, -0.1) is 0 Å². The molecule has 1 heterocycles. The lowest BCUT2D eigenvalue weighted by molar-refractivity contribution is -0.136. The van der Waals surface area contributed by atoms with Crippen LogP contribution >= 0.6 is 0 Å². The van der Waals surface area contributed by atoms with Gasteiger partial charge in [0, 0.05) is 12.1 Å².